The molecule has 6 nitrogen and oxygen atoms in total. The van der Waals surface area contributed by atoms with Crippen LogP contribution in [0.3, 0.4) is 0 Å². The van der Waals surface area contributed by atoms with Crippen molar-refractivity contribution in [1.29, 1.82) is 0 Å². The SMILES string of the molecule is CCOc1cc(C=Nn2c([C@H](C)CC)nc3ccc(Br)cc3c2=O)cc(Br)c1OCC(C)(C)C. The summed E-state index contributed by atoms with van der Waals surface area (Å²) in [5.74, 6) is 1.98. The van der Waals surface area contributed by atoms with E-state index in [1.54, 1.807) is 12.3 Å². The summed E-state index contributed by atoms with van der Waals surface area (Å²) < 4.78 is 14.9. The van der Waals surface area contributed by atoms with Crippen LogP contribution in [-0.4, -0.2) is 29.1 Å². The Morgan fingerprint density at radius 2 is 1.88 bits per heavy atom. The summed E-state index contributed by atoms with van der Waals surface area (Å²) in [5.41, 5.74) is 1.24. The van der Waals surface area contributed by atoms with Crippen LogP contribution >= 0.6 is 31.9 Å². The highest BCUT2D eigenvalue weighted by molar-refractivity contribution is 9.10. The molecule has 0 fully saturated rings. The topological polar surface area (TPSA) is 65.7 Å². The molecule has 2 aromatic carbocycles. The second kappa shape index (κ2) is 11.0. The van der Waals surface area contributed by atoms with Crippen molar-refractivity contribution in [2.45, 2.75) is 53.9 Å². The van der Waals surface area contributed by atoms with Gasteiger partial charge in [0.15, 0.2) is 11.5 Å². The van der Waals surface area contributed by atoms with Crippen molar-refractivity contribution in [3.05, 3.63) is 61.0 Å². The van der Waals surface area contributed by atoms with Crippen molar-refractivity contribution in [3.63, 3.8) is 0 Å². The van der Waals surface area contributed by atoms with E-state index < -0.39 is 0 Å². The molecule has 182 valence electrons. The predicted molar refractivity (Wildman–Crippen MR) is 146 cm³/mol. The highest BCUT2D eigenvalue weighted by atomic mass is 79.9. The first-order valence-corrected chi connectivity index (χ1v) is 13.0. The van der Waals surface area contributed by atoms with Gasteiger partial charge in [0.1, 0.15) is 5.82 Å². The second-order valence-corrected chi connectivity index (χ2v) is 11.2. The fourth-order valence-corrected chi connectivity index (χ4v) is 4.19. The van der Waals surface area contributed by atoms with Crippen LogP contribution in [0.5, 0.6) is 11.5 Å². The number of ether oxygens (including phenoxy) is 2. The molecule has 1 aromatic heterocycles. The lowest BCUT2D eigenvalue weighted by molar-refractivity contribution is 0.187. The Balaban J connectivity index is 2.08. The van der Waals surface area contributed by atoms with Gasteiger partial charge in [0.25, 0.3) is 5.56 Å². The van der Waals surface area contributed by atoms with Crippen LogP contribution in [0, 0.1) is 5.41 Å². The molecule has 0 saturated carbocycles. The quantitative estimate of drug-likeness (QED) is 0.261. The fourth-order valence-electron chi connectivity index (χ4n) is 3.26. The van der Waals surface area contributed by atoms with Crippen LogP contribution in [0.1, 0.15) is 65.3 Å². The molecule has 0 saturated heterocycles. The van der Waals surface area contributed by atoms with Gasteiger partial charge in [-0.05, 0) is 70.6 Å². The van der Waals surface area contributed by atoms with Gasteiger partial charge in [-0.25, -0.2) is 4.98 Å². The molecule has 0 bridgehead atoms. The van der Waals surface area contributed by atoms with Crippen LogP contribution in [0.2, 0.25) is 0 Å². The molecule has 0 radical (unpaired) electrons. The molecule has 0 N–H and O–H groups in total. The Morgan fingerprint density at radius 1 is 1.15 bits per heavy atom. The van der Waals surface area contributed by atoms with Crippen molar-refractivity contribution in [2.75, 3.05) is 13.2 Å². The molecule has 0 aliphatic rings. The maximum atomic E-state index is 13.3. The minimum Gasteiger partial charge on any atom is -0.490 e. The normalized spacial score (nSPS) is 12.9. The van der Waals surface area contributed by atoms with E-state index >= 15 is 0 Å². The molecule has 1 atom stereocenters. The molecular formula is C26H31Br2N3O3. The maximum Gasteiger partial charge on any atom is 0.282 e. The van der Waals surface area contributed by atoms with E-state index in [-0.39, 0.29) is 16.9 Å². The van der Waals surface area contributed by atoms with Crippen molar-refractivity contribution in [1.82, 2.24) is 9.66 Å². The van der Waals surface area contributed by atoms with E-state index in [1.165, 1.54) is 4.68 Å². The number of hydrogen-bond donors (Lipinski definition) is 0. The summed E-state index contributed by atoms with van der Waals surface area (Å²) in [5, 5.41) is 5.08. The highest BCUT2D eigenvalue weighted by Gasteiger charge is 2.18. The zero-order chi connectivity index (χ0) is 25.0. The highest BCUT2D eigenvalue weighted by Crippen LogP contribution is 2.37. The number of aromatic nitrogens is 2. The van der Waals surface area contributed by atoms with Gasteiger partial charge >= 0.3 is 0 Å². The largest absolute Gasteiger partial charge is 0.490 e. The standard InChI is InChI=1S/C26H31Br2N3O3/c1-7-16(3)24-30-21-10-9-18(27)13-19(21)25(32)31(24)29-14-17-11-20(28)23(22(12-17)33-8-2)34-15-26(4,5)6/h9-14,16H,7-8,15H2,1-6H3/t16-/m1/s1. The van der Waals surface area contributed by atoms with E-state index in [9.17, 15) is 4.79 Å². The van der Waals surface area contributed by atoms with Gasteiger partial charge in [0.05, 0.1) is 34.8 Å². The van der Waals surface area contributed by atoms with Gasteiger partial charge in [0, 0.05) is 10.4 Å². The van der Waals surface area contributed by atoms with Crippen LogP contribution < -0.4 is 15.0 Å². The average molecular weight is 593 g/mol. The van der Waals surface area contributed by atoms with E-state index in [1.807, 2.05) is 38.1 Å². The number of hydrogen-bond acceptors (Lipinski definition) is 5. The molecule has 0 unspecified atom stereocenters. The van der Waals surface area contributed by atoms with E-state index in [2.05, 4.69) is 64.7 Å². The summed E-state index contributed by atoms with van der Waals surface area (Å²) in [4.78, 5) is 18.1. The van der Waals surface area contributed by atoms with E-state index in [4.69, 9.17) is 14.5 Å². The van der Waals surface area contributed by atoms with Crippen molar-refractivity contribution < 1.29 is 9.47 Å². The number of halogens is 2. The summed E-state index contributed by atoms with van der Waals surface area (Å²) >= 11 is 7.06. The number of rotatable bonds is 8. The fraction of sp³-hybridized carbons (Fsp3) is 0.423. The minimum atomic E-state index is -0.202. The molecule has 8 heteroatoms. The lowest BCUT2D eigenvalue weighted by Crippen LogP contribution is -2.23. The number of benzene rings is 2. The van der Waals surface area contributed by atoms with E-state index in [0.29, 0.717) is 41.4 Å². The monoisotopic (exact) mass is 591 g/mol. The van der Waals surface area contributed by atoms with Crippen LogP contribution in [0.25, 0.3) is 10.9 Å². The predicted octanol–water partition coefficient (Wildman–Crippen LogP) is 7.14. The summed E-state index contributed by atoms with van der Waals surface area (Å²) in [6.45, 7) is 13.4. The van der Waals surface area contributed by atoms with Crippen LogP contribution in [0.4, 0.5) is 0 Å². The molecule has 34 heavy (non-hydrogen) atoms. The molecule has 0 aliphatic carbocycles. The summed E-state index contributed by atoms with van der Waals surface area (Å²) in [7, 11) is 0. The first-order chi connectivity index (χ1) is 16.0. The Bertz CT molecular complexity index is 1260. The summed E-state index contributed by atoms with van der Waals surface area (Å²) in [6.07, 6.45) is 2.49. The Hall–Kier alpha value is -2.19. The number of nitrogens with zero attached hydrogens (tertiary/aromatic N) is 3. The zero-order valence-corrected chi connectivity index (χ0v) is 23.7. The maximum absolute atomic E-state index is 13.3. The Labute approximate surface area is 217 Å². The third-order valence-corrected chi connectivity index (χ3v) is 6.27. The second-order valence-electron chi connectivity index (χ2n) is 9.41. The molecule has 0 spiro atoms. The lowest BCUT2D eigenvalue weighted by Gasteiger charge is -2.21. The molecule has 0 aliphatic heterocycles. The van der Waals surface area contributed by atoms with Gasteiger partial charge < -0.3 is 9.47 Å². The molecule has 3 rings (SSSR count). The van der Waals surface area contributed by atoms with Crippen molar-refractivity contribution in [2.24, 2.45) is 10.5 Å². The van der Waals surface area contributed by atoms with Crippen LogP contribution in [-0.2, 0) is 0 Å². The lowest BCUT2D eigenvalue weighted by atomic mass is 9.99. The third-order valence-electron chi connectivity index (χ3n) is 5.19. The molecule has 0 amide bonds. The zero-order valence-electron chi connectivity index (χ0n) is 20.5. The first-order valence-electron chi connectivity index (χ1n) is 11.4. The molecule has 3 aromatic rings. The van der Waals surface area contributed by atoms with Gasteiger partial charge in [0.2, 0.25) is 0 Å². The van der Waals surface area contributed by atoms with Crippen molar-refractivity contribution in [3.8, 4) is 11.5 Å². The number of fused-ring (bicyclic) bond motifs is 1. The third kappa shape index (κ3) is 6.27. The minimum absolute atomic E-state index is 0.00860. The summed E-state index contributed by atoms with van der Waals surface area (Å²) in [6, 6.07) is 9.29. The smallest absolute Gasteiger partial charge is 0.282 e. The van der Waals surface area contributed by atoms with Crippen LogP contribution in [0.15, 0.2) is 49.2 Å². The first kappa shape index (κ1) is 26.4. The van der Waals surface area contributed by atoms with Crippen molar-refractivity contribution >= 4 is 49.0 Å². The van der Waals surface area contributed by atoms with Gasteiger partial charge in [-0.1, -0.05) is 50.5 Å². The van der Waals surface area contributed by atoms with Gasteiger partial charge in [-0.3, -0.25) is 4.79 Å². The molecular weight excluding hydrogens is 562 g/mol. The van der Waals surface area contributed by atoms with Gasteiger partial charge in [-0.15, -0.1) is 0 Å². The van der Waals surface area contributed by atoms with E-state index in [0.717, 1.165) is 20.9 Å². The average Bonchev–Trinajstić information content (AvgIpc) is 2.77. The Kier molecular flexibility index (Phi) is 8.57. The molecule has 1 heterocycles. The van der Waals surface area contributed by atoms with Gasteiger partial charge in [-0.2, -0.15) is 9.78 Å². The Morgan fingerprint density at radius 3 is 2.53 bits per heavy atom.